The summed E-state index contributed by atoms with van der Waals surface area (Å²) >= 11 is 0. The highest BCUT2D eigenvalue weighted by Crippen LogP contribution is 2.09. The summed E-state index contributed by atoms with van der Waals surface area (Å²) in [4.78, 5) is 14.9. The monoisotopic (exact) mass is 175 g/mol. The second kappa shape index (κ2) is 2.65. The number of aromatic nitrogens is 3. The number of carbonyl (C=O) groups excluding carboxylic acids is 1. The number of aldehydes is 1. The Hall–Kier alpha value is -1.71. The summed E-state index contributed by atoms with van der Waals surface area (Å²) in [5, 5.41) is 4.10. The molecule has 2 heterocycles. The normalized spacial score (nSPS) is 10.6. The summed E-state index contributed by atoms with van der Waals surface area (Å²) in [7, 11) is 0. The van der Waals surface area contributed by atoms with Gasteiger partial charge in [-0.05, 0) is 25.5 Å². The Kier molecular flexibility index (Phi) is 1.62. The molecular weight excluding hydrogens is 166 g/mol. The first kappa shape index (κ1) is 7.91. The standard InChI is InChI=1S/C9H9N3O/c1-6-3-9-11-7(2)8(5-13)12(9)10-4-6/h3-5H,1-2H3. The van der Waals surface area contributed by atoms with E-state index < -0.39 is 0 Å². The van der Waals surface area contributed by atoms with Crippen LogP contribution < -0.4 is 0 Å². The quantitative estimate of drug-likeness (QED) is 0.611. The van der Waals surface area contributed by atoms with Gasteiger partial charge in [-0.15, -0.1) is 0 Å². The van der Waals surface area contributed by atoms with E-state index in [4.69, 9.17) is 0 Å². The zero-order valence-electron chi connectivity index (χ0n) is 7.48. The number of rotatable bonds is 1. The van der Waals surface area contributed by atoms with Crippen LogP contribution in [0.1, 0.15) is 21.7 Å². The Morgan fingerprint density at radius 2 is 2.23 bits per heavy atom. The van der Waals surface area contributed by atoms with Crippen molar-refractivity contribution in [3.63, 3.8) is 0 Å². The lowest BCUT2D eigenvalue weighted by molar-refractivity contribution is 0.111. The molecule has 0 aliphatic rings. The smallest absolute Gasteiger partial charge is 0.170 e. The number of hydrogen-bond acceptors (Lipinski definition) is 3. The Labute approximate surface area is 75.2 Å². The van der Waals surface area contributed by atoms with Crippen LogP contribution in [0, 0.1) is 13.8 Å². The maximum Gasteiger partial charge on any atom is 0.170 e. The second-order valence-corrected chi connectivity index (χ2v) is 3.00. The number of nitrogens with zero attached hydrogens (tertiary/aromatic N) is 3. The predicted octanol–water partition coefficient (Wildman–Crippen LogP) is 1.16. The molecule has 0 N–H and O–H groups in total. The molecule has 13 heavy (non-hydrogen) atoms. The van der Waals surface area contributed by atoms with Crippen molar-refractivity contribution < 1.29 is 4.79 Å². The van der Waals surface area contributed by atoms with Crippen molar-refractivity contribution in [2.75, 3.05) is 0 Å². The van der Waals surface area contributed by atoms with Crippen LogP contribution in [-0.2, 0) is 0 Å². The summed E-state index contributed by atoms with van der Waals surface area (Å²) < 4.78 is 1.55. The summed E-state index contributed by atoms with van der Waals surface area (Å²) in [5.41, 5.74) is 3.00. The van der Waals surface area contributed by atoms with Crippen molar-refractivity contribution in [1.82, 2.24) is 14.6 Å². The minimum Gasteiger partial charge on any atom is -0.296 e. The molecule has 0 saturated heterocycles. The van der Waals surface area contributed by atoms with E-state index in [0.717, 1.165) is 17.5 Å². The third-order valence-electron chi connectivity index (χ3n) is 1.94. The molecule has 0 spiro atoms. The van der Waals surface area contributed by atoms with Crippen LogP contribution in [0.15, 0.2) is 12.3 Å². The number of hydrogen-bond donors (Lipinski definition) is 0. The van der Waals surface area contributed by atoms with Crippen molar-refractivity contribution >= 4 is 11.9 Å². The third kappa shape index (κ3) is 1.11. The average molecular weight is 175 g/mol. The molecule has 0 bridgehead atoms. The Morgan fingerprint density at radius 3 is 2.92 bits per heavy atom. The van der Waals surface area contributed by atoms with Gasteiger partial charge >= 0.3 is 0 Å². The zero-order valence-corrected chi connectivity index (χ0v) is 7.48. The number of carbonyl (C=O) groups is 1. The molecule has 0 aromatic carbocycles. The van der Waals surface area contributed by atoms with Gasteiger partial charge in [0, 0.05) is 0 Å². The minimum atomic E-state index is 0.523. The number of imidazole rings is 1. The molecule has 0 radical (unpaired) electrons. The van der Waals surface area contributed by atoms with Crippen LogP contribution >= 0.6 is 0 Å². The van der Waals surface area contributed by atoms with Gasteiger partial charge in [0.2, 0.25) is 0 Å². The van der Waals surface area contributed by atoms with Gasteiger partial charge in [0.15, 0.2) is 11.9 Å². The average Bonchev–Trinajstić information content (AvgIpc) is 2.39. The summed E-state index contributed by atoms with van der Waals surface area (Å²) in [5.74, 6) is 0. The van der Waals surface area contributed by atoms with E-state index in [9.17, 15) is 4.79 Å². The molecule has 4 nitrogen and oxygen atoms in total. The summed E-state index contributed by atoms with van der Waals surface area (Å²) in [6.45, 7) is 3.74. The maximum absolute atomic E-state index is 10.7. The van der Waals surface area contributed by atoms with E-state index in [0.29, 0.717) is 11.4 Å². The Balaban J connectivity index is 2.86. The maximum atomic E-state index is 10.7. The lowest BCUT2D eigenvalue weighted by Gasteiger charge is -1.94. The van der Waals surface area contributed by atoms with Crippen molar-refractivity contribution in [2.24, 2.45) is 0 Å². The van der Waals surface area contributed by atoms with E-state index in [2.05, 4.69) is 10.1 Å². The predicted molar refractivity (Wildman–Crippen MR) is 47.8 cm³/mol. The molecule has 0 aliphatic carbocycles. The highest BCUT2D eigenvalue weighted by molar-refractivity contribution is 5.75. The van der Waals surface area contributed by atoms with Crippen LogP contribution in [0.4, 0.5) is 0 Å². The number of fused-ring (bicyclic) bond motifs is 1. The van der Waals surface area contributed by atoms with Gasteiger partial charge in [-0.25, -0.2) is 9.50 Å². The molecular formula is C9H9N3O. The molecule has 2 aromatic heterocycles. The fraction of sp³-hybridized carbons (Fsp3) is 0.222. The fourth-order valence-electron chi connectivity index (χ4n) is 1.29. The largest absolute Gasteiger partial charge is 0.296 e. The minimum absolute atomic E-state index is 0.523. The fourth-order valence-corrected chi connectivity index (χ4v) is 1.29. The zero-order chi connectivity index (χ0) is 9.42. The molecule has 0 atom stereocenters. The van der Waals surface area contributed by atoms with Gasteiger partial charge in [0.1, 0.15) is 5.69 Å². The highest BCUT2D eigenvalue weighted by atomic mass is 16.1. The summed E-state index contributed by atoms with van der Waals surface area (Å²) in [6, 6.07) is 1.90. The van der Waals surface area contributed by atoms with Crippen LogP contribution in [-0.4, -0.2) is 20.9 Å². The van der Waals surface area contributed by atoms with Gasteiger partial charge in [0.05, 0.1) is 11.9 Å². The van der Waals surface area contributed by atoms with Gasteiger partial charge in [-0.1, -0.05) is 0 Å². The molecule has 0 amide bonds. The van der Waals surface area contributed by atoms with Gasteiger partial charge in [-0.2, -0.15) is 5.10 Å². The first-order chi connectivity index (χ1) is 6.22. The van der Waals surface area contributed by atoms with Crippen molar-refractivity contribution in [3.05, 3.63) is 29.2 Å². The van der Waals surface area contributed by atoms with Gasteiger partial charge < -0.3 is 0 Å². The number of aryl methyl sites for hydroxylation is 2. The van der Waals surface area contributed by atoms with Crippen LogP contribution in [0.3, 0.4) is 0 Å². The van der Waals surface area contributed by atoms with Crippen LogP contribution in [0.25, 0.3) is 5.65 Å². The van der Waals surface area contributed by atoms with Crippen molar-refractivity contribution in [3.8, 4) is 0 Å². The Morgan fingerprint density at radius 1 is 1.46 bits per heavy atom. The Bertz CT molecular complexity index is 473. The van der Waals surface area contributed by atoms with E-state index >= 15 is 0 Å². The van der Waals surface area contributed by atoms with Crippen molar-refractivity contribution in [1.29, 1.82) is 0 Å². The van der Waals surface area contributed by atoms with Crippen LogP contribution in [0.5, 0.6) is 0 Å². The van der Waals surface area contributed by atoms with Gasteiger partial charge in [0.25, 0.3) is 0 Å². The van der Waals surface area contributed by atoms with Crippen LogP contribution in [0.2, 0.25) is 0 Å². The second-order valence-electron chi connectivity index (χ2n) is 3.00. The lowest BCUT2D eigenvalue weighted by atomic mass is 10.3. The molecule has 0 unspecified atom stereocenters. The lowest BCUT2D eigenvalue weighted by Crippen LogP contribution is -1.96. The molecule has 2 rings (SSSR count). The van der Waals surface area contributed by atoms with E-state index in [1.807, 2.05) is 13.0 Å². The molecule has 2 aromatic rings. The third-order valence-corrected chi connectivity index (χ3v) is 1.94. The topological polar surface area (TPSA) is 47.3 Å². The van der Waals surface area contributed by atoms with Gasteiger partial charge in [-0.3, -0.25) is 4.79 Å². The van der Waals surface area contributed by atoms with E-state index in [1.165, 1.54) is 0 Å². The SMILES string of the molecule is Cc1cnn2c(C=O)c(C)nc2c1. The summed E-state index contributed by atoms with van der Waals surface area (Å²) in [6.07, 6.45) is 2.48. The van der Waals surface area contributed by atoms with Crippen molar-refractivity contribution in [2.45, 2.75) is 13.8 Å². The molecule has 0 fully saturated rings. The van der Waals surface area contributed by atoms with E-state index in [1.54, 1.807) is 17.6 Å². The van der Waals surface area contributed by atoms with E-state index in [-0.39, 0.29) is 0 Å². The molecule has 4 heteroatoms. The molecule has 0 aliphatic heterocycles. The highest BCUT2D eigenvalue weighted by Gasteiger charge is 2.07. The first-order valence-corrected chi connectivity index (χ1v) is 3.99. The molecule has 66 valence electrons. The molecule has 0 saturated carbocycles. The first-order valence-electron chi connectivity index (χ1n) is 3.99.